The number of aromatic nitrogens is 2. The van der Waals surface area contributed by atoms with Gasteiger partial charge in [-0.2, -0.15) is 0 Å². The molecule has 0 aliphatic heterocycles. The van der Waals surface area contributed by atoms with Crippen molar-refractivity contribution in [2.45, 2.75) is 18.4 Å². The van der Waals surface area contributed by atoms with E-state index in [1.165, 1.54) is 16.7 Å². The quantitative estimate of drug-likeness (QED) is 0.272. The van der Waals surface area contributed by atoms with Crippen LogP contribution in [0.4, 0.5) is 10.5 Å². The summed E-state index contributed by atoms with van der Waals surface area (Å²) in [6.07, 6.45) is 1.18. The van der Waals surface area contributed by atoms with Gasteiger partial charge in [0, 0.05) is 16.0 Å². The zero-order chi connectivity index (χ0) is 26.5. The Morgan fingerprint density at radius 2 is 1.68 bits per heavy atom. The van der Waals surface area contributed by atoms with Gasteiger partial charge in [0.15, 0.2) is 0 Å². The molecule has 190 valence electrons. The number of amides is 1. The SMILES string of the molecule is CSc1ccc(-n2c(-c3ccc(C)cc3)cc(=O)n(CCOC(=O)Nc3cc(Cl)ccc3Cl)c2=O)cc1. The van der Waals surface area contributed by atoms with Crippen LogP contribution in [-0.4, -0.2) is 28.1 Å². The predicted molar refractivity (Wildman–Crippen MR) is 150 cm³/mol. The molecule has 10 heteroatoms. The van der Waals surface area contributed by atoms with Crippen molar-refractivity contribution >= 4 is 46.7 Å². The van der Waals surface area contributed by atoms with Crippen LogP contribution in [0.3, 0.4) is 0 Å². The summed E-state index contributed by atoms with van der Waals surface area (Å²) in [6.45, 7) is 1.62. The van der Waals surface area contributed by atoms with E-state index in [0.29, 0.717) is 21.4 Å². The molecule has 0 aliphatic rings. The Bertz CT molecular complexity index is 1550. The lowest BCUT2D eigenvalue weighted by Gasteiger charge is -2.16. The van der Waals surface area contributed by atoms with E-state index in [1.807, 2.05) is 61.7 Å². The molecule has 0 fully saturated rings. The number of carbonyl (C=O) groups excluding carboxylic acids is 1. The average molecular weight is 556 g/mol. The van der Waals surface area contributed by atoms with Crippen LogP contribution in [0.2, 0.25) is 10.0 Å². The number of anilines is 1. The molecule has 0 aliphatic carbocycles. The van der Waals surface area contributed by atoms with Gasteiger partial charge in [0.1, 0.15) is 6.61 Å². The second kappa shape index (κ2) is 11.7. The first-order valence-electron chi connectivity index (χ1n) is 11.2. The molecule has 0 radical (unpaired) electrons. The number of aryl methyl sites for hydroxylation is 1. The molecule has 1 N–H and O–H groups in total. The van der Waals surface area contributed by atoms with Crippen molar-refractivity contribution in [1.82, 2.24) is 9.13 Å². The number of rotatable bonds is 7. The van der Waals surface area contributed by atoms with E-state index in [1.54, 1.807) is 23.9 Å². The lowest BCUT2D eigenvalue weighted by molar-refractivity contribution is 0.156. The highest BCUT2D eigenvalue weighted by atomic mass is 35.5. The standard InChI is InChI=1S/C27H23Cl2N3O4S/c1-17-3-5-18(6-4-17)24-16-25(33)31(27(35)32(24)20-8-10-21(37-2)11-9-20)13-14-36-26(34)30-23-15-19(28)7-12-22(23)29/h3-12,15-16H,13-14H2,1-2H3,(H,30,34). The molecule has 7 nitrogen and oxygen atoms in total. The van der Waals surface area contributed by atoms with E-state index in [2.05, 4.69) is 5.32 Å². The van der Waals surface area contributed by atoms with Crippen LogP contribution in [0, 0.1) is 6.92 Å². The molecule has 4 rings (SSSR count). The van der Waals surface area contributed by atoms with Crippen LogP contribution in [0.1, 0.15) is 5.56 Å². The largest absolute Gasteiger partial charge is 0.447 e. The Morgan fingerprint density at radius 1 is 0.973 bits per heavy atom. The third-order valence-corrected chi connectivity index (χ3v) is 6.89. The van der Waals surface area contributed by atoms with Crippen LogP contribution in [0.25, 0.3) is 16.9 Å². The molecule has 0 saturated heterocycles. The molecule has 0 atom stereocenters. The summed E-state index contributed by atoms with van der Waals surface area (Å²) in [5.74, 6) is 0. The second-order valence-corrected chi connectivity index (χ2v) is 9.81. The third-order valence-electron chi connectivity index (χ3n) is 5.58. The molecule has 0 saturated carbocycles. The summed E-state index contributed by atoms with van der Waals surface area (Å²) in [5, 5.41) is 3.19. The highest BCUT2D eigenvalue weighted by molar-refractivity contribution is 7.98. The Labute approximate surface area is 227 Å². The highest BCUT2D eigenvalue weighted by Crippen LogP contribution is 2.26. The molecule has 3 aromatic carbocycles. The van der Waals surface area contributed by atoms with Gasteiger partial charge < -0.3 is 4.74 Å². The lowest BCUT2D eigenvalue weighted by atomic mass is 10.1. The Hall–Kier alpha value is -3.46. The zero-order valence-electron chi connectivity index (χ0n) is 20.0. The Kier molecular flexibility index (Phi) is 8.43. The number of ether oxygens (including phenoxy) is 1. The predicted octanol–water partition coefficient (Wildman–Crippen LogP) is 6.25. The van der Waals surface area contributed by atoms with E-state index >= 15 is 0 Å². The van der Waals surface area contributed by atoms with Gasteiger partial charge in [-0.15, -0.1) is 11.8 Å². The van der Waals surface area contributed by atoms with E-state index < -0.39 is 17.3 Å². The molecule has 0 bridgehead atoms. The normalized spacial score (nSPS) is 10.8. The van der Waals surface area contributed by atoms with E-state index in [-0.39, 0.29) is 18.8 Å². The number of nitrogens with one attached hydrogen (secondary N) is 1. The Balaban J connectivity index is 1.63. The van der Waals surface area contributed by atoms with E-state index in [9.17, 15) is 14.4 Å². The Morgan fingerprint density at radius 3 is 2.35 bits per heavy atom. The summed E-state index contributed by atoms with van der Waals surface area (Å²) in [5.41, 5.74) is 2.12. The molecule has 1 amide bonds. The van der Waals surface area contributed by atoms with Gasteiger partial charge in [0.05, 0.1) is 28.6 Å². The minimum absolute atomic E-state index is 0.133. The van der Waals surface area contributed by atoms with Crippen molar-refractivity contribution in [3.05, 3.63) is 109 Å². The number of hydrogen-bond acceptors (Lipinski definition) is 5. The number of carbonyl (C=O) groups is 1. The van der Waals surface area contributed by atoms with Crippen molar-refractivity contribution in [2.75, 3.05) is 18.2 Å². The fraction of sp³-hybridized carbons (Fsp3) is 0.148. The third kappa shape index (κ3) is 6.28. The minimum Gasteiger partial charge on any atom is -0.447 e. The van der Waals surface area contributed by atoms with Crippen molar-refractivity contribution in [3.63, 3.8) is 0 Å². The number of benzene rings is 3. The van der Waals surface area contributed by atoms with Crippen molar-refractivity contribution in [1.29, 1.82) is 0 Å². The number of hydrogen-bond donors (Lipinski definition) is 1. The molecule has 37 heavy (non-hydrogen) atoms. The highest BCUT2D eigenvalue weighted by Gasteiger charge is 2.16. The first-order chi connectivity index (χ1) is 17.8. The monoisotopic (exact) mass is 555 g/mol. The first kappa shape index (κ1) is 26.6. The van der Waals surface area contributed by atoms with E-state index in [0.717, 1.165) is 20.6 Å². The summed E-state index contributed by atoms with van der Waals surface area (Å²) in [4.78, 5) is 39.9. The summed E-state index contributed by atoms with van der Waals surface area (Å²) < 4.78 is 7.73. The minimum atomic E-state index is -0.790. The topological polar surface area (TPSA) is 82.3 Å². The van der Waals surface area contributed by atoms with Crippen LogP contribution in [-0.2, 0) is 11.3 Å². The molecule has 1 heterocycles. The van der Waals surface area contributed by atoms with Crippen molar-refractivity contribution in [2.24, 2.45) is 0 Å². The molecule has 4 aromatic rings. The molecule has 0 unspecified atom stereocenters. The average Bonchev–Trinajstić information content (AvgIpc) is 2.88. The maximum atomic E-state index is 13.6. The molecular weight excluding hydrogens is 533 g/mol. The second-order valence-electron chi connectivity index (χ2n) is 8.09. The lowest BCUT2D eigenvalue weighted by Crippen LogP contribution is -2.40. The molecule has 0 spiro atoms. The van der Waals surface area contributed by atoms with Gasteiger partial charge in [-0.25, -0.2) is 9.59 Å². The van der Waals surface area contributed by atoms with Crippen molar-refractivity contribution in [3.8, 4) is 16.9 Å². The zero-order valence-corrected chi connectivity index (χ0v) is 22.4. The van der Waals surface area contributed by atoms with E-state index in [4.69, 9.17) is 27.9 Å². The number of halogens is 2. The first-order valence-corrected chi connectivity index (χ1v) is 13.2. The fourth-order valence-electron chi connectivity index (χ4n) is 3.67. The summed E-state index contributed by atoms with van der Waals surface area (Å²) in [6, 6.07) is 21.1. The maximum Gasteiger partial charge on any atom is 0.411 e. The smallest absolute Gasteiger partial charge is 0.411 e. The number of thioether (sulfide) groups is 1. The van der Waals surface area contributed by atoms with Crippen LogP contribution in [0.15, 0.2) is 87.3 Å². The molecular formula is C27H23Cl2N3O4S. The van der Waals surface area contributed by atoms with Crippen LogP contribution >= 0.6 is 35.0 Å². The van der Waals surface area contributed by atoms with Gasteiger partial charge >= 0.3 is 11.8 Å². The van der Waals surface area contributed by atoms with Gasteiger partial charge in [-0.1, -0.05) is 53.0 Å². The molecule has 1 aromatic heterocycles. The number of nitrogens with zero attached hydrogens (tertiary/aromatic N) is 2. The van der Waals surface area contributed by atoms with Crippen LogP contribution in [0.5, 0.6) is 0 Å². The maximum absolute atomic E-state index is 13.6. The van der Waals surface area contributed by atoms with Gasteiger partial charge in [-0.05, 0) is 61.2 Å². The van der Waals surface area contributed by atoms with Crippen LogP contribution < -0.4 is 16.6 Å². The van der Waals surface area contributed by atoms with Gasteiger partial charge in [-0.3, -0.25) is 19.2 Å². The van der Waals surface area contributed by atoms with Crippen molar-refractivity contribution < 1.29 is 9.53 Å². The van der Waals surface area contributed by atoms with Gasteiger partial charge in [0.2, 0.25) is 0 Å². The fourth-order valence-corrected chi connectivity index (χ4v) is 4.41. The van der Waals surface area contributed by atoms with Gasteiger partial charge in [0.25, 0.3) is 5.56 Å². The summed E-state index contributed by atoms with van der Waals surface area (Å²) >= 11 is 13.6. The summed E-state index contributed by atoms with van der Waals surface area (Å²) in [7, 11) is 0.